The summed E-state index contributed by atoms with van der Waals surface area (Å²) in [4.78, 5) is 13.5. The lowest BCUT2D eigenvalue weighted by Crippen LogP contribution is -2.30. The number of nitrogens with zero attached hydrogens (tertiary/aromatic N) is 1. The van der Waals surface area contributed by atoms with Crippen molar-refractivity contribution in [3.8, 4) is 0 Å². The third-order valence-electron chi connectivity index (χ3n) is 2.69. The predicted molar refractivity (Wildman–Crippen MR) is 68.0 cm³/mol. The Hall–Kier alpha value is -1.02. The second-order valence-electron chi connectivity index (χ2n) is 4.11. The highest BCUT2D eigenvalue weighted by Gasteiger charge is 2.10. The van der Waals surface area contributed by atoms with Gasteiger partial charge >= 0.3 is 0 Å². The molecular formula is C13H18ClNO. The Morgan fingerprint density at radius 1 is 1.38 bits per heavy atom. The molecule has 0 aliphatic heterocycles. The van der Waals surface area contributed by atoms with Crippen LogP contribution in [0.1, 0.15) is 16.7 Å². The van der Waals surface area contributed by atoms with E-state index in [2.05, 4.69) is 18.2 Å². The van der Waals surface area contributed by atoms with Crippen molar-refractivity contribution in [2.24, 2.45) is 0 Å². The minimum absolute atomic E-state index is 0.120. The maximum absolute atomic E-state index is 11.8. The summed E-state index contributed by atoms with van der Waals surface area (Å²) in [6.07, 6.45) is 0.459. The fourth-order valence-corrected chi connectivity index (χ4v) is 1.79. The normalized spacial score (nSPS) is 10.2. The number of halogens is 1. The molecule has 0 saturated heterocycles. The van der Waals surface area contributed by atoms with Gasteiger partial charge in [-0.15, -0.1) is 11.6 Å². The number of amides is 1. The Morgan fingerprint density at radius 3 is 2.69 bits per heavy atom. The summed E-state index contributed by atoms with van der Waals surface area (Å²) < 4.78 is 0. The first-order chi connectivity index (χ1) is 7.54. The molecule has 88 valence electrons. The third kappa shape index (κ3) is 3.53. The maximum atomic E-state index is 11.8. The fourth-order valence-electron chi connectivity index (χ4n) is 1.54. The number of hydrogen-bond donors (Lipinski definition) is 0. The monoisotopic (exact) mass is 239 g/mol. The van der Waals surface area contributed by atoms with E-state index in [0.717, 1.165) is 5.56 Å². The summed E-state index contributed by atoms with van der Waals surface area (Å²) in [5.74, 6) is 0.601. The van der Waals surface area contributed by atoms with Crippen LogP contribution in [-0.2, 0) is 11.2 Å². The summed E-state index contributed by atoms with van der Waals surface area (Å²) >= 11 is 5.61. The first kappa shape index (κ1) is 13.0. The number of aryl methyl sites for hydroxylation is 2. The van der Waals surface area contributed by atoms with Gasteiger partial charge < -0.3 is 4.90 Å². The van der Waals surface area contributed by atoms with Gasteiger partial charge in [-0.05, 0) is 25.0 Å². The van der Waals surface area contributed by atoms with Crippen LogP contribution >= 0.6 is 11.6 Å². The molecule has 0 radical (unpaired) electrons. The summed E-state index contributed by atoms with van der Waals surface area (Å²) in [5, 5.41) is 0. The second-order valence-corrected chi connectivity index (χ2v) is 4.49. The van der Waals surface area contributed by atoms with Crippen LogP contribution in [0.4, 0.5) is 0 Å². The Morgan fingerprint density at radius 2 is 2.06 bits per heavy atom. The summed E-state index contributed by atoms with van der Waals surface area (Å²) in [6, 6.07) is 6.19. The van der Waals surface area contributed by atoms with Crippen molar-refractivity contribution in [3.63, 3.8) is 0 Å². The van der Waals surface area contributed by atoms with Gasteiger partial charge in [0.1, 0.15) is 0 Å². The van der Waals surface area contributed by atoms with E-state index in [1.807, 2.05) is 13.8 Å². The molecule has 0 N–H and O–H groups in total. The van der Waals surface area contributed by atoms with E-state index in [0.29, 0.717) is 18.8 Å². The van der Waals surface area contributed by atoms with Crippen molar-refractivity contribution in [3.05, 3.63) is 34.9 Å². The van der Waals surface area contributed by atoms with Gasteiger partial charge in [0.25, 0.3) is 0 Å². The second kappa shape index (κ2) is 5.90. The summed E-state index contributed by atoms with van der Waals surface area (Å²) in [5.41, 5.74) is 3.46. The zero-order valence-electron chi connectivity index (χ0n) is 10.1. The van der Waals surface area contributed by atoms with Crippen molar-refractivity contribution < 1.29 is 4.79 Å². The van der Waals surface area contributed by atoms with Crippen LogP contribution in [0, 0.1) is 13.8 Å². The molecule has 2 nitrogen and oxygen atoms in total. The van der Waals surface area contributed by atoms with Gasteiger partial charge in [-0.25, -0.2) is 0 Å². The van der Waals surface area contributed by atoms with Crippen LogP contribution in [0.15, 0.2) is 18.2 Å². The predicted octanol–water partition coefficient (Wildman–Crippen LogP) is 2.54. The molecule has 0 bridgehead atoms. The molecule has 0 fully saturated rings. The molecular weight excluding hydrogens is 222 g/mol. The largest absolute Gasteiger partial charge is 0.344 e. The van der Waals surface area contributed by atoms with E-state index in [-0.39, 0.29) is 5.91 Å². The van der Waals surface area contributed by atoms with E-state index >= 15 is 0 Å². The van der Waals surface area contributed by atoms with E-state index in [1.54, 1.807) is 11.9 Å². The minimum Gasteiger partial charge on any atom is -0.344 e. The summed E-state index contributed by atoms with van der Waals surface area (Å²) in [7, 11) is 1.79. The molecule has 16 heavy (non-hydrogen) atoms. The molecule has 1 amide bonds. The third-order valence-corrected chi connectivity index (χ3v) is 2.86. The van der Waals surface area contributed by atoms with E-state index in [9.17, 15) is 4.79 Å². The molecule has 0 atom stereocenters. The quantitative estimate of drug-likeness (QED) is 0.740. The zero-order valence-corrected chi connectivity index (χ0v) is 10.8. The van der Waals surface area contributed by atoms with Gasteiger partial charge in [-0.2, -0.15) is 0 Å². The molecule has 1 aromatic rings. The smallest absolute Gasteiger partial charge is 0.226 e. The maximum Gasteiger partial charge on any atom is 0.226 e. The number of rotatable bonds is 4. The van der Waals surface area contributed by atoms with Crippen LogP contribution in [0.5, 0.6) is 0 Å². The van der Waals surface area contributed by atoms with Crippen molar-refractivity contribution in [1.82, 2.24) is 4.90 Å². The van der Waals surface area contributed by atoms with Crippen molar-refractivity contribution >= 4 is 17.5 Å². The molecule has 0 aliphatic carbocycles. The summed E-state index contributed by atoms with van der Waals surface area (Å²) in [6.45, 7) is 4.67. The number of carbonyl (C=O) groups excluding carboxylic acids is 1. The van der Waals surface area contributed by atoms with E-state index in [4.69, 9.17) is 11.6 Å². The van der Waals surface area contributed by atoms with Crippen molar-refractivity contribution in [2.75, 3.05) is 19.5 Å². The van der Waals surface area contributed by atoms with Crippen LogP contribution in [0.3, 0.4) is 0 Å². The van der Waals surface area contributed by atoms with Crippen LogP contribution in [0.2, 0.25) is 0 Å². The van der Waals surface area contributed by atoms with Crippen molar-refractivity contribution in [2.45, 2.75) is 20.3 Å². The minimum atomic E-state index is 0.120. The SMILES string of the molecule is Cc1ccc(C)c(CC(=O)N(C)CCCl)c1. The van der Waals surface area contributed by atoms with Crippen LogP contribution < -0.4 is 0 Å². The lowest BCUT2D eigenvalue weighted by molar-refractivity contribution is -0.128. The van der Waals surface area contributed by atoms with E-state index in [1.165, 1.54) is 11.1 Å². The number of carbonyl (C=O) groups is 1. The van der Waals surface area contributed by atoms with Gasteiger partial charge in [0.05, 0.1) is 6.42 Å². The number of likely N-dealkylation sites (N-methyl/N-ethyl adjacent to an activating group) is 1. The zero-order chi connectivity index (χ0) is 12.1. The first-order valence-corrected chi connectivity index (χ1v) is 5.94. The van der Waals surface area contributed by atoms with Gasteiger partial charge in [0, 0.05) is 19.5 Å². The molecule has 1 rings (SSSR count). The average molecular weight is 240 g/mol. The molecule has 3 heteroatoms. The number of benzene rings is 1. The lowest BCUT2D eigenvalue weighted by Gasteiger charge is -2.16. The standard InChI is InChI=1S/C13H18ClNO/c1-10-4-5-11(2)12(8-10)9-13(16)15(3)7-6-14/h4-5,8H,6-7,9H2,1-3H3. The average Bonchev–Trinajstić information content (AvgIpc) is 2.23. The highest BCUT2D eigenvalue weighted by molar-refractivity contribution is 6.18. The molecule has 0 unspecified atom stereocenters. The lowest BCUT2D eigenvalue weighted by atomic mass is 10.0. The Labute approximate surface area is 102 Å². The van der Waals surface area contributed by atoms with Gasteiger partial charge in [0.2, 0.25) is 5.91 Å². The Balaban J connectivity index is 2.72. The number of hydrogen-bond acceptors (Lipinski definition) is 1. The fraction of sp³-hybridized carbons (Fsp3) is 0.462. The number of alkyl halides is 1. The molecule has 0 spiro atoms. The molecule has 0 saturated carbocycles. The van der Waals surface area contributed by atoms with Crippen molar-refractivity contribution in [1.29, 1.82) is 0 Å². The van der Waals surface area contributed by atoms with E-state index < -0.39 is 0 Å². The molecule has 0 aromatic heterocycles. The van der Waals surface area contributed by atoms with Crippen LogP contribution in [0.25, 0.3) is 0 Å². The highest BCUT2D eigenvalue weighted by Crippen LogP contribution is 2.12. The first-order valence-electron chi connectivity index (χ1n) is 5.40. The topological polar surface area (TPSA) is 20.3 Å². The highest BCUT2D eigenvalue weighted by atomic mass is 35.5. The van der Waals surface area contributed by atoms with Gasteiger partial charge in [-0.3, -0.25) is 4.79 Å². The Bertz CT molecular complexity index is 376. The Kier molecular flexibility index (Phi) is 4.81. The van der Waals surface area contributed by atoms with Crippen LogP contribution in [-0.4, -0.2) is 30.3 Å². The van der Waals surface area contributed by atoms with Gasteiger partial charge in [-0.1, -0.05) is 23.8 Å². The molecule has 0 aliphatic rings. The van der Waals surface area contributed by atoms with Gasteiger partial charge in [0.15, 0.2) is 0 Å². The molecule has 0 heterocycles. The molecule has 1 aromatic carbocycles.